The summed E-state index contributed by atoms with van der Waals surface area (Å²) in [5.41, 5.74) is 29.1. The number of aromatic nitrogens is 9. The summed E-state index contributed by atoms with van der Waals surface area (Å²) in [4.78, 5) is 28.5. The van der Waals surface area contributed by atoms with Crippen molar-refractivity contribution >= 4 is 139 Å². The molecule has 15 aromatic carbocycles. The van der Waals surface area contributed by atoms with Gasteiger partial charge in [-0.25, -0.2) is 0 Å². The third kappa shape index (κ3) is 21.8. The van der Waals surface area contributed by atoms with Gasteiger partial charge in [-0.15, -0.1) is 161 Å². The number of nitrogens with zero attached hydrogens (tertiary/aromatic N) is 9. The van der Waals surface area contributed by atoms with Gasteiger partial charge in [0.25, 0.3) is 0 Å². The number of aryl methyl sites for hydroxylation is 8. The number of imidazole rings is 3. The van der Waals surface area contributed by atoms with Crippen LogP contribution in [0.3, 0.4) is 0 Å². The molecule has 24 aromatic rings. The Morgan fingerprint density at radius 1 is 0.280 bits per heavy atom. The van der Waals surface area contributed by atoms with Crippen molar-refractivity contribution in [2.24, 2.45) is 0 Å². The second kappa shape index (κ2) is 43.5. The summed E-state index contributed by atoms with van der Waals surface area (Å²) in [6, 6.07) is 129. The van der Waals surface area contributed by atoms with Crippen molar-refractivity contribution in [2.75, 3.05) is 0 Å². The minimum absolute atomic E-state index is 0. The van der Waals surface area contributed by atoms with E-state index in [0.29, 0.717) is 16.7 Å². The SMILES string of the molecule is Cc1cc(C)c(-n2c(-c3[c-]ccc4c3oc3ccccc34)nc3ccccc32)c(C)c1.Cc1cccc(C)c1-n1c(-c2[c-]ccc3c2oc2ccccc23)nc2ccccc21.[2H]C([2H])([2H])c1c[c-]c(-c2ccc([Si](C)(C)C)cn2)cc1.[2H]C([2H])([2H])c1c[c-]c(-c2ccc([Si](C)(C)C)cn2)cc1.[2H]C([2H])([2H])c1c[c-]c(-c2ccc([Si](C)(C)C)cn2)cc1.[Ir].[Ir].[Ir].[c-]1ccc2c(oc3ccccc32)c1-c1nc2ccccc2n1-c1ccccc1. The van der Waals surface area contributed by atoms with E-state index < -0.39 is 44.8 Å². The molecule has 0 aliphatic carbocycles. The van der Waals surface area contributed by atoms with Crippen molar-refractivity contribution in [2.45, 2.75) is 114 Å². The minimum Gasteiger partial charge on any atom is -0.501 e. The van der Waals surface area contributed by atoms with Crippen molar-refractivity contribution in [3.63, 3.8) is 0 Å². The van der Waals surface area contributed by atoms with Crippen LogP contribution < -0.4 is 15.6 Å². The topological polar surface area (TPSA) is 132 Å². The maximum Gasteiger partial charge on any atom is 0.120 e. The quantitative estimate of drug-likeness (QED) is 0.0866. The molecule has 0 atom stereocenters. The minimum atomic E-state index is -2.08. The third-order valence-electron chi connectivity index (χ3n) is 25.1. The second-order valence-corrected chi connectivity index (χ2v) is 53.4. The van der Waals surface area contributed by atoms with Gasteiger partial charge in [0.1, 0.15) is 16.7 Å². The molecule has 0 saturated carbocycles. The summed E-state index contributed by atoms with van der Waals surface area (Å²) in [6.45, 7) is 25.0. The summed E-state index contributed by atoms with van der Waals surface area (Å²) >= 11 is 0. The van der Waals surface area contributed by atoms with E-state index in [1.54, 1.807) is 36.4 Å². The molecule has 0 aliphatic heterocycles. The van der Waals surface area contributed by atoms with Crippen molar-refractivity contribution in [3.05, 3.63) is 433 Å². The van der Waals surface area contributed by atoms with Gasteiger partial charge in [0.05, 0.1) is 91.5 Å². The number of fused-ring (bicyclic) bond motifs is 12. The zero-order valence-corrected chi connectivity index (χ0v) is 91.9. The van der Waals surface area contributed by atoms with Crippen LogP contribution in [0.4, 0.5) is 0 Å². The Balaban J connectivity index is 0.000000130. The van der Waals surface area contributed by atoms with Crippen LogP contribution in [0.1, 0.15) is 56.8 Å². The van der Waals surface area contributed by atoms with Gasteiger partial charge in [-0.05, 0) is 156 Å². The van der Waals surface area contributed by atoms with Crippen LogP contribution in [-0.2, 0) is 60.3 Å². The Morgan fingerprint density at radius 2 is 0.587 bits per heavy atom. The third-order valence-corrected chi connectivity index (χ3v) is 31.1. The fourth-order valence-electron chi connectivity index (χ4n) is 17.9. The van der Waals surface area contributed by atoms with Gasteiger partial charge in [0.15, 0.2) is 0 Å². The van der Waals surface area contributed by atoms with Gasteiger partial charge >= 0.3 is 0 Å². The summed E-state index contributed by atoms with van der Waals surface area (Å²) in [5.74, 6) is 2.52. The molecule has 12 nitrogen and oxygen atoms in total. The molecule has 717 valence electrons. The van der Waals surface area contributed by atoms with Crippen LogP contribution in [0, 0.1) is 91.6 Å². The van der Waals surface area contributed by atoms with Crippen LogP contribution in [0.15, 0.2) is 365 Å². The van der Waals surface area contributed by atoms with Gasteiger partial charge in [0, 0.05) is 124 Å². The Hall–Kier alpha value is -13.8. The van der Waals surface area contributed by atoms with Gasteiger partial charge in [-0.3, -0.25) is 15.0 Å². The molecule has 3 radical (unpaired) electrons. The normalized spacial score (nSPS) is 12.6. The molecule has 0 spiro atoms. The van der Waals surface area contributed by atoms with Gasteiger partial charge in [-0.2, -0.15) is 0 Å². The Labute approximate surface area is 893 Å². The first-order valence-electron chi connectivity index (χ1n) is 51.3. The Kier molecular flexibility index (Phi) is 27.5. The monoisotopic (exact) mass is 2460 g/mol. The molecule has 9 aromatic heterocycles. The molecular formula is C125H109Ir3N9O3Si3-6. The van der Waals surface area contributed by atoms with E-state index in [9.17, 15) is 0 Å². The largest absolute Gasteiger partial charge is 0.501 e. The van der Waals surface area contributed by atoms with Crippen molar-refractivity contribution in [1.29, 1.82) is 0 Å². The van der Waals surface area contributed by atoms with E-state index in [0.717, 1.165) is 184 Å². The summed E-state index contributed by atoms with van der Waals surface area (Å²) < 4.78 is 91.7. The number of hydrogen-bond donors (Lipinski definition) is 0. The van der Waals surface area contributed by atoms with Gasteiger partial charge < -0.3 is 41.9 Å². The van der Waals surface area contributed by atoms with Crippen LogP contribution in [-0.4, -0.2) is 67.8 Å². The standard InChI is InChI=1S/C28H21N2O.C27H19N2O.C25H15N2O.3C15H18NSi.3Ir/c1-17-15-18(2)26(19(3)16-17)30-24-13-6-5-12-23(24)29-28(30)22-11-8-10-21-20-9-4-7-14-25(20)31-27(21)22;1-17-9-7-10-18(2)25(17)29-23-15-5-4-14-22(23)28-27(29)21-13-8-12-20-19-11-3-6-16-24(19)30-26(20)21;1-2-9-17(10-3-1)27-22-15-6-5-14-21(22)26-25(27)20-13-8-12-19-18-11-4-7-16-23(18)28-24(19)20;3*1-12-5-7-13(8-6-12)15-10-9-14(11-16-15)17(2,3)4;;;/h4-10,12-16H,1-3H3;3-12,14-16H,1-2H3;1-12,14-16H;3*5-7,9-11H,1-4H3;;;/q6*-1;;;/i;;;3*1D3;;;. The molecular weight excluding hydrogens is 2340 g/mol. The first-order valence-corrected chi connectivity index (χ1v) is 57.3. The molecule has 0 unspecified atom stereocenters. The van der Waals surface area contributed by atoms with E-state index in [-0.39, 0.29) is 60.3 Å². The van der Waals surface area contributed by atoms with Crippen LogP contribution in [0.25, 0.3) is 184 Å². The molecule has 24 rings (SSSR count). The fourth-order valence-corrected chi connectivity index (χ4v) is 21.0. The molecule has 0 saturated heterocycles. The number of furan rings is 3. The molecule has 0 fully saturated rings. The number of benzene rings is 15. The zero-order chi connectivity index (χ0) is 105. The van der Waals surface area contributed by atoms with Crippen molar-refractivity contribution in [3.8, 4) is 85.0 Å². The van der Waals surface area contributed by atoms with Crippen LogP contribution in [0.5, 0.6) is 0 Å². The molecule has 143 heavy (non-hydrogen) atoms. The van der Waals surface area contributed by atoms with Gasteiger partial charge in [-0.1, -0.05) is 294 Å². The van der Waals surface area contributed by atoms with Crippen molar-refractivity contribution in [1.82, 2.24) is 43.6 Å². The average molecular weight is 2460 g/mol. The average Bonchev–Trinajstić information content (AvgIpc) is 1.59. The first kappa shape index (κ1) is 90.4. The predicted molar refractivity (Wildman–Crippen MR) is 590 cm³/mol. The molecule has 9 heterocycles. The van der Waals surface area contributed by atoms with Gasteiger partial charge in [0.2, 0.25) is 0 Å². The molecule has 0 aliphatic rings. The first-order chi connectivity index (χ1) is 71.3. The molecule has 18 heteroatoms. The van der Waals surface area contributed by atoms with Crippen LogP contribution in [0.2, 0.25) is 58.9 Å². The van der Waals surface area contributed by atoms with E-state index in [4.69, 9.17) is 40.5 Å². The number of hydrogen-bond acceptors (Lipinski definition) is 9. The predicted octanol–water partition coefficient (Wildman–Crippen LogP) is 30.9. The van der Waals surface area contributed by atoms with E-state index in [1.807, 2.05) is 158 Å². The Morgan fingerprint density at radius 3 is 0.902 bits per heavy atom. The number of pyridine rings is 3. The number of para-hydroxylation sites is 11. The smallest absolute Gasteiger partial charge is 0.120 e. The zero-order valence-electron chi connectivity index (χ0n) is 90.7. The van der Waals surface area contributed by atoms with E-state index >= 15 is 0 Å². The fraction of sp³-hybridized carbons (Fsp3) is 0.136. The van der Waals surface area contributed by atoms with E-state index in [1.165, 1.54) is 61.6 Å². The maximum absolute atomic E-state index is 7.35. The second-order valence-electron chi connectivity index (χ2n) is 38.2. The van der Waals surface area contributed by atoms with Crippen molar-refractivity contribution < 1.29 is 85.9 Å². The molecule has 0 amide bonds. The Bertz CT molecular complexity index is 8550. The number of rotatable bonds is 12. The van der Waals surface area contributed by atoms with E-state index in [2.05, 4.69) is 298 Å². The maximum atomic E-state index is 7.35. The summed E-state index contributed by atoms with van der Waals surface area (Å²) in [5, 5.41) is 10.5. The molecule has 0 N–H and O–H groups in total. The van der Waals surface area contributed by atoms with Crippen LogP contribution >= 0.6 is 0 Å². The molecule has 0 bridgehead atoms. The summed E-state index contributed by atoms with van der Waals surface area (Å²) in [6.07, 6.45) is 5.77. The summed E-state index contributed by atoms with van der Waals surface area (Å²) in [7, 11) is -4.01.